The summed E-state index contributed by atoms with van der Waals surface area (Å²) in [7, 11) is 0. The zero-order chi connectivity index (χ0) is 17.7. The second-order valence-electron chi connectivity index (χ2n) is 7.66. The van der Waals surface area contributed by atoms with Crippen LogP contribution >= 0.6 is 0 Å². The molecule has 0 saturated heterocycles. The maximum Gasteiger partial charge on any atom is 0.144 e. The average Bonchev–Trinajstić information content (AvgIpc) is 2.52. The molecule has 4 heteroatoms. The molecule has 132 valence electrons. The molecule has 2 rings (SSSR count). The number of nitrogens with zero attached hydrogens (tertiary/aromatic N) is 2. The third kappa shape index (κ3) is 4.27. The molecule has 0 unspecified atom stereocenters. The largest absolute Gasteiger partial charge is 0.370 e. The van der Waals surface area contributed by atoms with Crippen molar-refractivity contribution in [1.82, 2.24) is 4.98 Å². The second-order valence-corrected chi connectivity index (χ2v) is 7.66. The number of fused-ring (bicyclic) bond motifs is 1. The molecule has 0 radical (unpaired) electrons. The first-order valence-corrected chi connectivity index (χ1v) is 9.23. The number of nitriles is 1. The minimum atomic E-state index is -0.230. The molecule has 0 spiro atoms. The Labute approximate surface area is 146 Å². The van der Waals surface area contributed by atoms with Gasteiger partial charge in [-0.05, 0) is 31.7 Å². The fourth-order valence-corrected chi connectivity index (χ4v) is 3.28. The van der Waals surface area contributed by atoms with Gasteiger partial charge in [-0.15, -0.1) is 0 Å². The predicted octanol–water partition coefficient (Wildman–Crippen LogP) is 4.92. The van der Waals surface area contributed by atoms with Gasteiger partial charge >= 0.3 is 0 Å². The number of anilines is 1. The molecule has 1 N–H and O–H groups in total. The smallest absolute Gasteiger partial charge is 0.144 e. The molecule has 0 aliphatic carbocycles. The van der Waals surface area contributed by atoms with Crippen LogP contribution in [-0.2, 0) is 17.8 Å². The number of unbranched alkanes of at least 4 members (excludes halogenated alkanes) is 3. The minimum Gasteiger partial charge on any atom is -0.370 e. The minimum absolute atomic E-state index is 0.230. The Balaban J connectivity index is 2.33. The van der Waals surface area contributed by atoms with Gasteiger partial charge in [0.2, 0.25) is 0 Å². The van der Waals surface area contributed by atoms with Gasteiger partial charge in [-0.25, -0.2) is 4.98 Å². The Morgan fingerprint density at radius 2 is 2.00 bits per heavy atom. The van der Waals surface area contributed by atoms with Crippen LogP contribution in [0.15, 0.2) is 0 Å². The number of ether oxygens (including phenoxy) is 1. The molecule has 0 amide bonds. The van der Waals surface area contributed by atoms with Gasteiger partial charge < -0.3 is 10.1 Å². The Kier molecular flexibility index (Phi) is 6.23. The maximum atomic E-state index is 9.74. The van der Waals surface area contributed by atoms with Gasteiger partial charge in [-0.2, -0.15) is 5.26 Å². The van der Waals surface area contributed by atoms with Crippen molar-refractivity contribution in [3.63, 3.8) is 0 Å². The van der Waals surface area contributed by atoms with Crippen molar-refractivity contribution >= 4 is 5.82 Å². The number of nitrogens with one attached hydrogen (secondary N) is 1. The Morgan fingerprint density at radius 3 is 2.62 bits per heavy atom. The van der Waals surface area contributed by atoms with E-state index in [0.717, 1.165) is 42.0 Å². The summed E-state index contributed by atoms with van der Waals surface area (Å²) in [6.07, 6.45) is 5.58. The van der Waals surface area contributed by atoms with Crippen molar-refractivity contribution < 1.29 is 4.74 Å². The molecule has 2 heterocycles. The highest BCUT2D eigenvalue weighted by Gasteiger charge is 2.32. The van der Waals surface area contributed by atoms with Crippen LogP contribution in [0.5, 0.6) is 0 Å². The summed E-state index contributed by atoms with van der Waals surface area (Å²) in [6, 6.07) is 2.40. The van der Waals surface area contributed by atoms with E-state index in [2.05, 4.69) is 46.0 Å². The van der Waals surface area contributed by atoms with Gasteiger partial charge in [0.05, 0.1) is 23.5 Å². The second kappa shape index (κ2) is 7.98. The van der Waals surface area contributed by atoms with Crippen LogP contribution in [0.3, 0.4) is 0 Å². The van der Waals surface area contributed by atoms with Crippen molar-refractivity contribution in [3.8, 4) is 6.07 Å². The SMILES string of the molecule is CCCCCCNc1nc(C(C)C)c2c(c1C#N)CC(C)(C)OC2. The van der Waals surface area contributed by atoms with E-state index in [1.54, 1.807) is 0 Å². The number of hydrogen-bond donors (Lipinski definition) is 1. The first kappa shape index (κ1) is 18.7. The standard InChI is InChI=1S/C20H31N3O/c1-6-7-8-9-10-22-19-16(12-21)15-11-20(4,5)24-13-17(15)18(23-19)14(2)3/h14H,6-11,13H2,1-5H3,(H,22,23). The molecule has 24 heavy (non-hydrogen) atoms. The van der Waals surface area contributed by atoms with Gasteiger partial charge in [-0.1, -0.05) is 40.0 Å². The molecule has 0 bridgehead atoms. The zero-order valence-corrected chi connectivity index (χ0v) is 15.8. The van der Waals surface area contributed by atoms with Gasteiger partial charge in [0.25, 0.3) is 0 Å². The van der Waals surface area contributed by atoms with E-state index in [0.29, 0.717) is 18.1 Å². The van der Waals surface area contributed by atoms with Crippen LogP contribution in [0.25, 0.3) is 0 Å². The van der Waals surface area contributed by atoms with Crippen LogP contribution in [0.1, 0.15) is 88.6 Å². The van der Waals surface area contributed by atoms with Crippen LogP contribution in [-0.4, -0.2) is 17.1 Å². The van der Waals surface area contributed by atoms with Crippen molar-refractivity contribution in [2.45, 2.75) is 84.8 Å². The van der Waals surface area contributed by atoms with Gasteiger partial charge in [0.1, 0.15) is 11.9 Å². The summed E-state index contributed by atoms with van der Waals surface area (Å²) in [5.74, 6) is 1.08. The van der Waals surface area contributed by atoms with Crippen LogP contribution in [0, 0.1) is 11.3 Å². The van der Waals surface area contributed by atoms with Crippen molar-refractivity contribution in [2.24, 2.45) is 0 Å². The molecular weight excluding hydrogens is 298 g/mol. The highest BCUT2D eigenvalue weighted by atomic mass is 16.5. The van der Waals surface area contributed by atoms with Gasteiger partial charge in [-0.3, -0.25) is 0 Å². The highest BCUT2D eigenvalue weighted by molar-refractivity contribution is 5.60. The van der Waals surface area contributed by atoms with E-state index in [-0.39, 0.29) is 5.60 Å². The lowest BCUT2D eigenvalue weighted by atomic mass is 9.86. The van der Waals surface area contributed by atoms with Crippen LogP contribution in [0.4, 0.5) is 5.82 Å². The van der Waals surface area contributed by atoms with Gasteiger partial charge in [0.15, 0.2) is 0 Å². The summed E-state index contributed by atoms with van der Waals surface area (Å²) >= 11 is 0. The number of aromatic nitrogens is 1. The Morgan fingerprint density at radius 1 is 1.25 bits per heavy atom. The molecule has 0 atom stereocenters. The molecule has 1 aliphatic heterocycles. The maximum absolute atomic E-state index is 9.74. The number of hydrogen-bond acceptors (Lipinski definition) is 4. The topological polar surface area (TPSA) is 57.9 Å². The summed E-state index contributed by atoms with van der Waals surface area (Å²) in [5, 5.41) is 13.2. The normalized spacial score (nSPS) is 15.9. The van der Waals surface area contributed by atoms with E-state index >= 15 is 0 Å². The van der Waals surface area contributed by atoms with E-state index in [1.165, 1.54) is 19.3 Å². The molecule has 1 aromatic rings. The molecular formula is C20H31N3O. The highest BCUT2D eigenvalue weighted by Crippen LogP contribution is 2.36. The molecule has 1 aliphatic rings. The van der Waals surface area contributed by atoms with Crippen LogP contribution < -0.4 is 5.32 Å². The Bertz CT molecular complexity index is 614. The lowest BCUT2D eigenvalue weighted by molar-refractivity contribution is -0.0407. The summed E-state index contributed by atoms with van der Waals surface area (Å²) in [5.41, 5.74) is 3.80. The zero-order valence-electron chi connectivity index (χ0n) is 15.8. The summed E-state index contributed by atoms with van der Waals surface area (Å²) in [4.78, 5) is 4.81. The first-order valence-electron chi connectivity index (χ1n) is 9.23. The Hall–Kier alpha value is -1.60. The lowest BCUT2D eigenvalue weighted by Crippen LogP contribution is -2.33. The van der Waals surface area contributed by atoms with Crippen molar-refractivity contribution in [2.75, 3.05) is 11.9 Å². The average molecular weight is 329 g/mol. The van der Waals surface area contributed by atoms with E-state index in [1.807, 2.05) is 0 Å². The molecule has 4 nitrogen and oxygen atoms in total. The third-order valence-corrected chi connectivity index (χ3v) is 4.64. The molecule has 1 aromatic heterocycles. The molecule has 0 saturated carbocycles. The summed E-state index contributed by atoms with van der Waals surface area (Å²) in [6.45, 7) is 12.1. The first-order chi connectivity index (χ1) is 11.4. The molecule has 0 aromatic carbocycles. The van der Waals surface area contributed by atoms with Gasteiger partial charge in [0, 0.05) is 18.5 Å². The van der Waals surface area contributed by atoms with E-state index in [4.69, 9.17) is 9.72 Å². The predicted molar refractivity (Wildman–Crippen MR) is 98.2 cm³/mol. The number of rotatable bonds is 7. The third-order valence-electron chi connectivity index (χ3n) is 4.64. The van der Waals surface area contributed by atoms with Crippen LogP contribution in [0.2, 0.25) is 0 Å². The lowest BCUT2D eigenvalue weighted by Gasteiger charge is -2.34. The number of pyridine rings is 1. The summed E-state index contributed by atoms with van der Waals surface area (Å²) < 4.78 is 5.98. The quantitative estimate of drug-likeness (QED) is 0.721. The fraction of sp³-hybridized carbons (Fsp3) is 0.700. The molecule has 0 fully saturated rings. The van der Waals surface area contributed by atoms with E-state index < -0.39 is 0 Å². The fourth-order valence-electron chi connectivity index (χ4n) is 3.28. The van der Waals surface area contributed by atoms with Crippen molar-refractivity contribution in [3.05, 3.63) is 22.4 Å². The monoisotopic (exact) mass is 329 g/mol. The van der Waals surface area contributed by atoms with Crippen molar-refractivity contribution in [1.29, 1.82) is 5.26 Å². The van der Waals surface area contributed by atoms with E-state index in [9.17, 15) is 5.26 Å².